The van der Waals surface area contributed by atoms with Gasteiger partial charge in [0.2, 0.25) is 0 Å². The number of nitrogens with one attached hydrogen (secondary N) is 1. The van der Waals surface area contributed by atoms with Gasteiger partial charge >= 0.3 is 0 Å². The first-order chi connectivity index (χ1) is 10.7. The second-order valence-corrected chi connectivity index (χ2v) is 7.90. The fourth-order valence-electron chi connectivity index (χ4n) is 1.96. The molecule has 0 aliphatic carbocycles. The SMILES string of the molecule is Br.CCOc1ccc2nc(SCC(=O)c3ccc(Br)s3)[nH]c2c1. The summed E-state index contributed by atoms with van der Waals surface area (Å²) in [6.07, 6.45) is 0. The smallest absolute Gasteiger partial charge is 0.183 e. The zero-order valence-electron chi connectivity index (χ0n) is 12.2. The summed E-state index contributed by atoms with van der Waals surface area (Å²) in [5, 5.41) is 0.743. The van der Waals surface area contributed by atoms with Crippen LogP contribution in [0.3, 0.4) is 0 Å². The fourth-order valence-corrected chi connectivity index (χ4v) is 4.14. The number of nitrogens with zero attached hydrogens (tertiary/aromatic N) is 1. The van der Waals surface area contributed by atoms with Gasteiger partial charge in [0.15, 0.2) is 10.9 Å². The third-order valence-corrected chi connectivity index (χ3v) is 5.47. The Hall–Kier alpha value is -0.830. The highest BCUT2D eigenvalue weighted by molar-refractivity contribution is 9.11. The zero-order valence-corrected chi connectivity index (χ0v) is 17.1. The number of ether oxygens (including phenoxy) is 1. The van der Waals surface area contributed by atoms with E-state index in [1.807, 2.05) is 37.3 Å². The Labute approximate surface area is 160 Å². The summed E-state index contributed by atoms with van der Waals surface area (Å²) >= 11 is 6.23. The highest BCUT2D eigenvalue weighted by atomic mass is 79.9. The third kappa shape index (κ3) is 4.59. The number of imidazole rings is 1. The summed E-state index contributed by atoms with van der Waals surface area (Å²) in [6.45, 7) is 2.58. The van der Waals surface area contributed by atoms with Gasteiger partial charge in [-0.15, -0.1) is 28.3 Å². The molecular weight excluding hydrogens is 464 g/mol. The summed E-state index contributed by atoms with van der Waals surface area (Å²) in [6, 6.07) is 9.46. The van der Waals surface area contributed by atoms with E-state index in [-0.39, 0.29) is 22.8 Å². The Morgan fingerprint density at radius 2 is 2.22 bits per heavy atom. The van der Waals surface area contributed by atoms with E-state index in [0.29, 0.717) is 12.4 Å². The number of hydrogen-bond donors (Lipinski definition) is 1. The van der Waals surface area contributed by atoms with Crippen molar-refractivity contribution in [2.45, 2.75) is 12.1 Å². The van der Waals surface area contributed by atoms with Gasteiger partial charge < -0.3 is 9.72 Å². The van der Waals surface area contributed by atoms with E-state index in [1.54, 1.807) is 0 Å². The molecule has 2 aromatic heterocycles. The topological polar surface area (TPSA) is 55.0 Å². The van der Waals surface area contributed by atoms with Crippen molar-refractivity contribution in [3.05, 3.63) is 39.0 Å². The van der Waals surface area contributed by atoms with Crippen molar-refractivity contribution in [3.8, 4) is 5.75 Å². The van der Waals surface area contributed by atoms with Gasteiger partial charge in [0, 0.05) is 6.07 Å². The molecule has 1 N–H and O–H groups in total. The summed E-state index contributed by atoms with van der Waals surface area (Å²) in [7, 11) is 0. The Balaban J connectivity index is 0.00000192. The van der Waals surface area contributed by atoms with Crippen molar-refractivity contribution < 1.29 is 9.53 Å². The van der Waals surface area contributed by atoms with Crippen LogP contribution in [0.1, 0.15) is 16.6 Å². The molecule has 23 heavy (non-hydrogen) atoms. The molecule has 2 heterocycles. The molecule has 0 fully saturated rings. The van der Waals surface area contributed by atoms with Crippen LogP contribution in [0.25, 0.3) is 11.0 Å². The highest BCUT2D eigenvalue weighted by Crippen LogP contribution is 2.26. The number of benzene rings is 1. The number of thioether (sulfide) groups is 1. The first kappa shape index (κ1) is 18.5. The minimum atomic E-state index is 0. The van der Waals surface area contributed by atoms with Crippen LogP contribution in [0.2, 0.25) is 0 Å². The maximum atomic E-state index is 12.1. The first-order valence-corrected chi connectivity index (χ1v) is 9.29. The summed E-state index contributed by atoms with van der Waals surface area (Å²) < 4.78 is 6.44. The molecule has 0 amide bonds. The van der Waals surface area contributed by atoms with Crippen molar-refractivity contribution >= 4 is 72.8 Å². The lowest BCUT2D eigenvalue weighted by Crippen LogP contribution is -1.99. The minimum absolute atomic E-state index is 0. The van der Waals surface area contributed by atoms with Crippen molar-refractivity contribution in [3.63, 3.8) is 0 Å². The van der Waals surface area contributed by atoms with Crippen molar-refractivity contribution in [2.24, 2.45) is 0 Å². The molecular formula is C15H14Br2N2O2S2. The number of hydrogen-bond acceptors (Lipinski definition) is 5. The predicted octanol–water partition coefficient (Wildman–Crippen LogP) is 5.34. The molecule has 0 saturated heterocycles. The molecule has 1 aromatic carbocycles. The van der Waals surface area contributed by atoms with Crippen LogP contribution in [0.15, 0.2) is 39.3 Å². The number of halogens is 2. The van der Waals surface area contributed by atoms with Crippen LogP contribution in [-0.4, -0.2) is 28.1 Å². The lowest BCUT2D eigenvalue weighted by molar-refractivity contribution is 0.102. The molecule has 3 rings (SSSR count). The maximum absolute atomic E-state index is 12.1. The van der Waals surface area contributed by atoms with E-state index in [2.05, 4.69) is 25.9 Å². The molecule has 8 heteroatoms. The monoisotopic (exact) mass is 476 g/mol. The molecule has 4 nitrogen and oxygen atoms in total. The Kier molecular flexibility index (Phi) is 6.70. The number of thiophene rings is 1. The molecule has 0 unspecified atom stereocenters. The second-order valence-electron chi connectivity index (χ2n) is 4.47. The summed E-state index contributed by atoms with van der Waals surface area (Å²) in [5.41, 5.74) is 1.79. The van der Waals surface area contributed by atoms with Gasteiger partial charge in [0.1, 0.15) is 5.75 Å². The normalized spacial score (nSPS) is 10.5. The number of carbonyl (C=O) groups is 1. The number of rotatable bonds is 6. The van der Waals surface area contributed by atoms with E-state index in [1.165, 1.54) is 23.1 Å². The average molecular weight is 478 g/mol. The Bertz CT molecular complexity index is 817. The largest absolute Gasteiger partial charge is 0.494 e. The maximum Gasteiger partial charge on any atom is 0.183 e. The molecule has 3 aromatic rings. The van der Waals surface area contributed by atoms with Gasteiger partial charge in [-0.25, -0.2) is 4.98 Å². The first-order valence-electron chi connectivity index (χ1n) is 6.69. The number of H-pyrrole nitrogens is 1. The van der Waals surface area contributed by atoms with E-state index >= 15 is 0 Å². The van der Waals surface area contributed by atoms with Gasteiger partial charge in [-0.3, -0.25) is 4.79 Å². The van der Waals surface area contributed by atoms with Crippen molar-refractivity contribution in [2.75, 3.05) is 12.4 Å². The number of Topliss-reactive ketones (excluding diaryl/α,β-unsaturated/α-hetero) is 1. The van der Waals surface area contributed by atoms with Crippen LogP contribution in [0.5, 0.6) is 5.75 Å². The molecule has 0 saturated carbocycles. The quantitative estimate of drug-likeness (QED) is 0.384. The van der Waals surface area contributed by atoms with E-state index in [9.17, 15) is 4.79 Å². The second kappa shape index (κ2) is 8.32. The standard InChI is InChI=1S/C15H13BrN2O2S2.BrH/c1-2-20-9-3-4-10-11(7-9)18-15(17-10)21-8-12(19)13-5-6-14(16)22-13;/h3-7H,2,8H2,1H3,(H,17,18);1H. The van der Waals surface area contributed by atoms with Gasteiger partial charge in [0.25, 0.3) is 0 Å². The van der Waals surface area contributed by atoms with Crippen LogP contribution >= 0.6 is 56.0 Å². The zero-order chi connectivity index (χ0) is 15.5. The molecule has 0 bridgehead atoms. The van der Waals surface area contributed by atoms with Crippen molar-refractivity contribution in [1.82, 2.24) is 9.97 Å². The number of carbonyl (C=O) groups excluding carboxylic acids is 1. The van der Waals surface area contributed by atoms with Gasteiger partial charge in [0.05, 0.1) is 32.1 Å². The number of ketones is 1. The molecule has 0 atom stereocenters. The Morgan fingerprint density at radius 1 is 1.39 bits per heavy atom. The minimum Gasteiger partial charge on any atom is -0.494 e. The average Bonchev–Trinajstić information content (AvgIpc) is 3.10. The van der Waals surface area contributed by atoms with Crippen LogP contribution in [-0.2, 0) is 0 Å². The summed E-state index contributed by atoms with van der Waals surface area (Å²) in [5.74, 6) is 1.29. The van der Waals surface area contributed by atoms with E-state index < -0.39 is 0 Å². The highest BCUT2D eigenvalue weighted by Gasteiger charge is 2.11. The van der Waals surface area contributed by atoms with Gasteiger partial charge in [-0.1, -0.05) is 11.8 Å². The lowest BCUT2D eigenvalue weighted by atomic mass is 10.3. The van der Waals surface area contributed by atoms with Crippen molar-refractivity contribution in [1.29, 1.82) is 0 Å². The van der Waals surface area contributed by atoms with E-state index in [0.717, 1.165) is 30.6 Å². The molecule has 0 radical (unpaired) electrons. The molecule has 122 valence electrons. The number of fused-ring (bicyclic) bond motifs is 1. The number of aromatic amines is 1. The van der Waals surface area contributed by atoms with Crippen LogP contribution in [0.4, 0.5) is 0 Å². The number of aromatic nitrogens is 2. The summed E-state index contributed by atoms with van der Waals surface area (Å²) in [4.78, 5) is 20.6. The predicted molar refractivity (Wildman–Crippen MR) is 105 cm³/mol. The molecule has 0 aliphatic rings. The molecule has 0 aliphatic heterocycles. The third-order valence-electron chi connectivity index (χ3n) is 2.93. The lowest BCUT2D eigenvalue weighted by Gasteiger charge is -2.00. The van der Waals surface area contributed by atoms with Crippen LogP contribution in [0, 0.1) is 0 Å². The van der Waals surface area contributed by atoms with Crippen LogP contribution < -0.4 is 4.74 Å². The Morgan fingerprint density at radius 3 is 2.91 bits per heavy atom. The van der Waals surface area contributed by atoms with E-state index in [4.69, 9.17) is 4.74 Å². The fraction of sp³-hybridized carbons (Fsp3) is 0.200. The van der Waals surface area contributed by atoms with Gasteiger partial charge in [-0.2, -0.15) is 0 Å². The van der Waals surface area contributed by atoms with Gasteiger partial charge in [-0.05, 0) is 47.1 Å². The molecule has 0 spiro atoms.